The molecule has 0 bridgehead atoms. The molecule has 1 amide bonds. The fourth-order valence-electron chi connectivity index (χ4n) is 4.01. The van der Waals surface area contributed by atoms with Crippen molar-refractivity contribution in [2.45, 2.75) is 66.1 Å². The summed E-state index contributed by atoms with van der Waals surface area (Å²) < 4.78 is 13.5. The van der Waals surface area contributed by atoms with E-state index in [1.165, 1.54) is 0 Å². The Balaban J connectivity index is 1.95. The fourth-order valence-corrected chi connectivity index (χ4v) is 4.01. The number of amides is 1. The SMILES string of the molecule is C=C(C=C(C)C(=C)C=CC(=C)C(C)=CN=C(C)CN(C)C(=O)CCC)C=C(C)c1cnc(C2CC(F)CN2)[nH]1. The quantitative estimate of drug-likeness (QED) is 0.212. The summed E-state index contributed by atoms with van der Waals surface area (Å²) in [6.07, 6.45) is 12.4. The summed E-state index contributed by atoms with van der Waals surface area (Å²) in [6.45, 7) is 23.2. The number of halogens is 1. The number of nitrogens with zero attached hydrogens (tertiary/aromatic N) is 3. The number of allylic oxidation sites excluding steroid dienone is 10. The minimum absolute atomic E-state index is 0.0750. The summed E-state index contributed by atoms with van der Waals surface area (Å²) in [5.41, 5.74) is 7.16. The number of carbonyl (C=O) groups is 1. The second-order valence-corrected chi connectivity index (χ2v) is 10.3. The molecule has 1 aromatic rings. The van der Waals surface area contributed by atoms with E-state index in [1.54, 1.807) is 24.3 Å². The van der Waals surface area contributed by atoms with Crippen molar-refractivity contribution < 1.29 is 9.18 Å². The van der Waals surface area contributed by atoms with E-state index in [-0.39, 0.29) is 11.9 Å². The van der Waals surface area contributed by atoms with Crippen molar-refractivity contribution in [3.8, 4) is 0 Å². The van der Waals surface area contributed by atoms with Gasteiger partial charge in [0.2, 0.25) is 5.91 Å². The van der Waals surface area contributed by atoms with Crippen molar-refractivity contribution >= 4 is 17.2 Å². The molecule has 1 fully saturated rings. The maximum atomic E-state index is 13.5. The molecule has 0 aliphatic carbocycles. The Morgan fingerprint density at radius 2 is 1.82 bits per heavy atom. The Morgan fingerprint density at radius 3 is 2.44 bits per heavy atom. The van der Waals surface area contributed by atoms with E-state index in [1.807, 2.05) is 58.9 Å². The van der Waals surface area contributed by atoms with E-state index in [4.69, 9.17) is 0 Å². The first kappa shape index (κ1) is 31.6. The third kappa shape index (κ3) is 10.2. The number of aromatic nitrogens is 2. The Hall–Kier alpha value is -3.58. The molecule has 2 heterocycles. The van der Waals surface area contributed by atoms with Crippen LogP contribution >= 0.6 is 0 Å². The number of carbonyl (C=O) groups excluding carboxylic acids is 1. The summed E-state index contributed by atoms with van der Waals surface area (Å²) in [6, 6.07) is -0.0750. The Morgan fingerprint density at radius 1 is 1.15 bits per heavy atom. The number of imidazole rings is 1. The Labute approximate surface area is 233 Å². The number of hydrogen-bond donors (Lipinski definition) is 2. The van der Waals surface area contributed by atoms with Gasteiger partial charge in [-0.05, 0) is 67.6 Å². The number of aromatic amines is 1. The molecule has 1 aliphatic rings. The van der Waals surface area contributed by atoms with Crippen LogP contribution in [0.4, 0.5) is 4.39 Å². The van der Waals surface area contributed by atoms with Gasteiger partial charge in [0.1, 0.15) is 12.0 Å². The third-order valence-electron chi connectivity index (χ3n) is 6.56. The van der Waals surface area contributed by atoms with Crippen LogP contribution in [-0.2, 0) is 4.79 Å². The number of H-pyrrole nitrogens is 1. The molecule has 1 aromatic heterocycles. The molecule has 2 N–H and O–H groups in total. The van der Waals surface area contributed by atoms with E-state index in [0.717, 1.165) is 57.1 Å². The van der Waals surface area contributed by atoms with Crippen LogP contribution in [0.1, 0.15) is 71.4 Å². The smallest absolute Gasteiger partial charge is 0.222 e. The first-order valence-corrected chi connectivity index (χ1v) is 13.4. The predicted octanol–water partition coefficient (Wildman–Crippen LogP) is 6.98. The number of rotatable bonds is 13. The highest BCUT2D eigenvalue weighted by molar-refractivity contribution is 5.88. The van der Waals surface area contributed by atoms with Crippen molar-refractivity contribution in [3.63, 3.8) is 0 Å². The van der Waals surface area contributed by atoms with Gasteiger partial charge in [0.25, 0.3) is 0 Å². The van der Waals surface area contributed by atoms with Crippen LogP contribution in [-0.4, -0.2) is 52.8 Å². The first-order valence-electron chi connectivity index (χ1n) is 13.4. The molecule has 2 atom stereocenters. The topological polar surface area (TPSA) is 73.4 Å². The lowest BCUT2D eigenvalue weighted by Crippen LogP contribution is -2.30. The van der Waals surface area contributed by atoms with Gasteiger partial charge >= 0.3 is 0 Å². The van der Waals surface area contributed by atoms with E-state index >= 15 is 0 Å². The van der Waals surface area contributed by atoms with Gasteiger partial charge in [-0.15, -0.1) is 0 Å². The average Bonchev–Trinajstić information content (AvgIpc) is 3.54. The summed E-state index contributed by atoms with van der Waals surface area (Å²) in [5.74, 6) is 0.883. The van der Waals surface area contributed by atoms with Gasteiger partial charge in [-0.3, -0.25) is 9.79 Å². The number of alkyl halides is 1. The van der Waals surface area contributed by atoms with Crippen molar-refractivity contribution in [2.75, 3.05) is 20.1 Å². The zero-order chi connectivity index (χ0) is 29.1. The molecule has 1 saturated heterocycles. The minimum atomic E-state index is -0.828. The molecule has 6 nitrogen and oxygen atoms in total. The lowest BCUT2D eigenvalue weighted by Gasteiger charge is -2.16. The molecule has 0 aromatic carbocycles. The van der Waals surface area contributed by atoms with Crippen LogP contribution in [0.3, 0.4) is 0 Å². The minimum Gasteiger partial charge on any atom is -0.341 e. The number of aliphatic imine (C=N–C) groups is 1. The molecule has 7 heteroatoms. The third-order valence-corrected chi connectivity index (χ3v) is 6.56. The van der Waals surface area contributed by atoms with Crippen LogP contribution in [0.25, 0.3) is 5.57 Å². The van der Waals surface area contributed by atoms with Crippen LogP contribution in [0.5, 0.6) is 0 Å². The second-order valence-electron chi connectivity index (χ2n) is 10.3. The summed E-state index contributed by atoms with van der Waals surface area (Å²) in [4.78, 5) is 25.9. The molecule has 39 heavy (non-hydrogen) atoms. The highest BCUT2D eigenvalue weighted by atomic mass is 19.1. The van der Waals surface area contributed by atoms with Gasteiger partial charge in [0, 0.05) is 38.3 Å². The standard InChI is InChI=1S/C32H44FN5O/c1-10-11-31(39)38(9)20-27(8)34-17-26(7)23(4)13-12-22(3)24(5)14-21(2)15-25(6)30-19-36-32(37-30)29-16-28(33)18-35-29/h12-15,17,19,28-29,35H,2-4,10-11,16,18,20H2,1,5-9H3,(H,36,37). The van der Waals surface area contributed by atoms with Gasteiger partial charge in [-0.25, -0.2) is 9.37 Å². The summed E-state index contributed by atoms with van der Waals surface area (Å²) >= 11 is 0. The lowest BCUT2D eigenvalue weighted by atomic mass is 10.0. The summed E-state index contributed by atoms with van der Waals surface area (Å²) in [5, 5.41) is 3.15. The maximum absolute atomic E-state index is 13.5. The first-order chi connectivity index (χ1) is 18.4. The highest BCUT2D eigenvalue weighted by Crippen LogP contribution is 2.25. The van der Waals surface area contributed by atoms with Crippen molar-refractivity contribution in [1.82, 2.24) is 20.2 Å². The Bertz CT molecular complexity index is 1230. The van der Waals surface area contributed by atoms with Gasteiger partial charge < -0.3 is 15.2 Å². The number of hydrogen-bond acceptors (Lipinski definition) is 4. The Kier molecular flexibility index (Phi) is 12.3. The van der Waals surface area contributed by atoms with Crippen LogP contribution < -0.4 is 5.32 Å². The van der Waals surface area contributed by atoms with Gasteiger partial charge in [-0.2, -0.15) is 0 Å². The van der Waals surface area contributed by atoms with E-state index in [0.29, 0.717) is 25.9 Å². The molecule has 1 aliphatic heterocycles. The molecule has 0 saturated carbocycles. The van der Waals surface area contributed by atoms with Crippen LogP contribution in [0, 0.1) is 0 Å². The second kappa shape index (κ2) is 15.1. The lowest BCUT2D eigenvalue weighted by molar-refractivity contribution is -0.129. The van der Waals surface area contributed by atoms with Crippen molar-refractivity contribution in [2.24, 2.45) is 4.99 Å². The molecular weight excluding hydrogens is 489 g/mol. The van der Waals surface area contributed by atoms with E-state index in [2.05, 4.69) is 40.0 Å². The van der Waals surface area contributed by atoms with E-state index in [9.17, 15) is 9.18 Å². The van der Waals surface area contributed by atoms with Crippen LogP contribution in [0.2, 0.25) is 0 Å². The molecule has 2 rings (SSSR count). The zero-order valence-corrected chi connectivity index (χ0v) is 24.4. The van der Waals surface area contributed by atoms with Gasteiger partial charge in [-0.1, -0.05) is 51.0 Å². The summed E-state index contributed by atoms with van der Waals surface area (Å²) in [7, 11) is 1.80. The molecule has 210 valence electrons. The van der Waals surface area contributed by atoms with E-state index < -0.39 is 6.17 Å². The monoisotopic (exact) mass is 533 g/mol. The maximum Gasteiger partial charge on any atom is 0.222 e. The molecule has 0 spiro atoms. The average molecular weight is 534 g/mol. The fraction of sp³-hybridized carbons (Fsp3) is 0.406. The van der Waals surface area contributed by atoms with Crippen molar-refractivity contribution in [1.29, 1.82) is 0 Å². The molecule has 0 radical (unpaired) electrons. The highest BCUT2D eigenvalue weighted by Gasteiger charge is 2.26. The molecule has 2 unspecified atom stereocenters. The normalized spacial score (nSPS) is 19.1. The molecular formula is C32H44FN5O. The van der Waals surface area contributed by atoms with Gasteiger partial charge in [0.05, 0.1) is 24.5 Å². The van der Waals surface area contributed by atoms with Gasteiger partial charge in [0.15, 0.2) is 0 Å². The number of nitrogens with one attached hydrogen (secondary N) is 2. The van der Waals surface area contributed by atoms with Crippen LogP contribution in [0.15, 0.2) is 89.3 Å². The predicted molar refractivity (Wildman–Crippen MR) is 162 cm³/mol. The zero-order valence-electron chi connectivity index (χ0n) is 24.4. The van der Waals surface area contributed by atoms with Crippen molar-refractivity contribution in [3.05, 3.63) is 95.8 Å². The largest absolute Gasteiger partial charge is 0.341 e.